The maximum Gasteiger partial charge on any atom is 0.103 e. The number of nitrogens with zero attached hydrogens (tertiary/aromatic N) is 4. The molecule has 0 unspecified atom stereocenters. The van der Waals surface area contributed by atoms with E-state index < -0.39 is 0 Å². The number of allylic oxidation sites excluding steroid dienone is 1. The van der Waals surface area contributed by atoms with Crippen LogP contribution in [0.5, 0.6) is 0 Å². The van der Waals surface area contributed by atoms with E-state index in [0.29, 0.717) is 5.69 Å². The van der Waals surface area contributed by atoms with Crippen LogP contribution in [0.15, 0.2) is 34.2 Å². The first-order valence-corrected chi connectivity index (χ1v) is 5.55. The lowest BCUT2D eigenvalue weighted by Gasteiger charge is -2.05. The van der Waals surface area contributed by atoms with Gasteiger partial charge in [0.15, 0.2) is 0 Å². The average molecular weight is 230 g/mol. The Kier molecular flexibility index (Phi) is 3.96. The van der Waals surface area contributed by atoms with E-state index in [-0.39, 0.29) is 0 Å². The molecular weight excluding hydrogens is 216 g/mol. The summed E-state index contributed by atoms with van der Waals surface area (Å²) in [5, 5.41) is 11.2. The molecule has 0 amide bonds. The molecule has 17 heavy (non-hydrogen) atoms. The van der Waals surface area contributed by atoms with Crippen LogP contribution in [0.2, 0.25) is 0 Å². The van der Waals surface area contributed by atoms with Crippen molar-refractivity contribution in [1.82, 2.24) is 9.97 Å². The Morgan fingerprint density at radius 2 is 2.24 bits per heavy atom. The lowest BCUT2D eigenvalue weighted by Crippen LogP contribution is -1.99. The van der Waals surface area contributed by atoms with Crippen molar-refractivity contribution in [3.8, 4) is 0 Å². The number of aliphatic imine (C=N–C) groups is 1. The van der Waals surface area contributed by atoms with E-state index in [9.17, 15) is 0 Å². The van der Waals surface area contributed by atoms with E-state index >= 15 is 0 Å². The third-order valence-electron chi connectivity index (χ3n) is 2.51. The van der Waals surface area contributed by atoms with E-state index in [1.165, 1.54) is 11.8 Å². The summed E-state index contributed by atoms with van der Waals surface area (Å²) < 4.78 is 0. The Bertz CT molecular complexity index is 448. The fourth-order valence-electron chi connectivity index (χ4n) is 1.62. The molecule has 2 rings (SSSR count). The van der Waals surface area contributed by atoms with Crippen molar-refractivity contribution in [3.05, 3.63) is 35.4 Å². The van der Waals surface area contributed by atoms with Gasteiger partial charge >= 0.3 is 0 Å². The van der Waals surface area contributed by atoms with Crippen LogP contribution in [0.1, 0.15) is 24.2 Å². The highest BCUT2D eigenvalue weighted by Crippen LogP contribution is 2.09. The minimum Gasteiger partial charge on any atom is -0.411 e. The largest absolute Gasteiger partial charge is 0.411 e. The second-order valence-electron chi connectivity index (χ2n) is 3.78. The number of aryl methyl sites for hydroxylation is 1. The first-order chi connectivity index (χ1) is 8.38. The van der Waals surface area contributed by atoms with E-state index in [1.54, 1.807) is 12.4 Å². The molecule has 2 heterocycles. The maximum atomic E-state index is 8.34. The Balaban J connectivity index is 1.90. The number of hydrogen-bond donors (Lipinski definition) is 1. The molecule has 0 fully saturated rings. The molecule has 1 aromatic heterocycles. The van der Waals surface area contributed by atoms with Gasteiger partial charge in [-0.3, -0.25) is 15.0 Å². The molecule has 0 atom stereocenters. The molecule has 0 radical (unpaired) electrons. The molecule has 0 bridgehead atoms. The van der Waals surface area contributed by atoms with Crippen LogP contribution in [-0.2, 0) is 6.42 Å². The number of hydrogen-bond acceptors (Lipinski definition) is 5. The van der Waals surface area contributed by atoms with Crippen molar-refractivity contribution >= 4 is 12.4 Å². The topological polar surface area (TPSA) is 70.7 Å². The van der Waals surface area contributed by atoms with Crippen molar-refractivity contribution < 1.29 is 5.21 Å². The van der Waals surface area contributed by atoms with E-state index in [1.807, 2.05) is 6.21 Å². The lowest BCUT2D eigenvalue weighted by atomic mass is 10.1. The predicted octanol–water partition coefficient (Wildman–Crippen LogP) is 1.62. The molecule has 1 aliphatic rings. The highest BCUT2D eigenvalue weighted by molar-refractivity contribution is 5.79. The number of oxime groups is 1. The summed E-state index contributed by atoms with van der Waals surface area (Å²) in [6, 6.07) is 0. The normalized spacial score (nSPS) is 15.2. The zero-order valence-electron chi connectivity index (χ0n) is 9.45. The van der Waals surface area contributed by atoms with E-state index in [0.717, 1.165) is 31.5 Å². The smallest absolute Gasteiger partial charge is 0.103 e. The van der Waals surface area contributed by atoms with Gasteiger partial charge in [-0.2, -0.15) is 0 Å². The van der Waals surface area contributed by atoms with Gasteiger partial charge < -0.3 is 5.21 Å². The van der Waals surface area contributed by atoms with Crippen molar-refractivity contribution in [3.63, 3.8) is 0 Å². The lowest BCUT2D eigenvalue weighted by molar-refractivity contribution is 0.321. The molecule has 0 aromatic carbocycles. The number of dihydropyridines is 1. The average Bonchev–Trinajstić information content (AvgIpc) is 2.40. The van der Waals surface area contributed by atoms with Crippen LogP contribution in [0.4, 0.5) is 0 Å². The SMILES string of the molecule is O/N=C\c1cnc(CCC2=CCCN=C2)cn1. The summed E-state index contributed by atoms with van der Waals surface area (Å²) in [6.45, 7) is 0.901. The van der Waals surface area contributed by atoms with Gasteiger partial charge in [0.25, 0.3) is 0 Å². The maximum absolute atomic E-state index is 8.34. The minimum atomic E-state index is 0.551. The van der Waals surface area contributed by atoms with Crippen molar-refractivity contribution in [2.24, 2.45) is 10.1 Å². The van der Waals surface area contributed by atoms with Gasteiger partial charge in [0.1, 0.15) is 5.69 Å². The Labute approximate surface area is 99.6 Å². The van der Waals surface area contributed by atoms with Crippen molar-refractivity contribution in [2.75, 3.05) is 6.54 Å². The summed E-state index contributed by atoms with van der Waals surface area (Å²) >= 11 is 0. The summed E-state index contributed by atoms with van der Waals surface area (Å²) in [5.41, 5.74) is 2.74. The predicted molar refractivity (Wildman–Crippen MR) is 65.8 cm³/mol. The molecular formula is C12H14N4O. The molecule has 0 saturated heterocycles. The third-order valence-corrected chi connectivity index (χ3v) is 2.51. The van der Waals surface area contributed by atoms with Gasteiger partial charge in [-0.1, -0.05) is 11.2 Å². The van der Waals surface area contributed by atoms with Gasteiger partial charge in [-0.25, -0.2) is 0 Å². The first-order valence-electron chi connectivity index (χ1n) is 5.55. The highest BCUT2D eigenvalue weighted by atomic mass is 16.4. The molecule has 88 valence electrons. The second-order valence-corrected chi connectivity index (χ2v) is 3.78. The van der Waals surface area contributed by atoms with Crippen LogP contribution < -0.4 is 0 Å². The second kappa shape index (κ2) is 5.89. The van der Waals surface area contributed by atoms with Gasteiger partial charge in [-0.05, 0) is 24.8 Å². The molecule has 0 aliphatic carbocycles. The van der Waals surface area contributed by atoms with E-state index in [4.69, 9.17) is 5.21 Å². The summed E-state index contributed by atoms with van der Waals surface area (Å²) in [4.78, 5) is 12.6. The highest BCUT2D eigenvalue weighted by Gasteiger charge is 2.01. The number of rotatable bonds is 4. The Morgan fingerprint density at radius 3 is 2.88 bits per heavy atom. The molecule has 0 saturated carbocycles. The zero-order valence-corrected chi connectivity index (χ0v) is 9.45. The minimum absolute atomic E-state index is 0.551. The molecule has 1 aromatic rings. The molecule has 1 aliphatic heterocycles. The van der Waals surface area contributed by atoms with Crippen LogP contribution in [-0.4, -0.2) is 34.1 Å². The van der Waals surface area contributed by atoms with Gasteiger partial charge in [-0.15, -0.1) is 0 Å². The fraction of sp³-hybridized carbons (Fsp3) is 0.333. The monoisotopic (exact) mass is 230 g/mol. The summed E-state index contributed by atoms with van der Waals surface area (Å²) in [6.07, 6.45) is 11.5. The first kappa shape index (κ1) is 11.4. The summed E-state index contributed by atoms with van der Waals surface area (Å²) in [5.74, 6) is 0. The quantitative estimate of drug-likeness (QED) is 0.485. The van der Waals surface area contributed by atoms with Crippen molar-refractivity contribution in [1.29, 1.82) is 0 Å². The molecule has 0 spiro atoms. The van der Waals surface area contributed by atoms with Crippen LogP contribution in [0.25, 0.3) is 0 Å². The zero-order chi connectivity index (χ0) is 11.9. The van der Waals surface area contributed by atoms with Crippen LogP contribution in [0, 0.1) is 0 Å². The van der Waals surface area contributed by atoms with E-state index in [2.05, 4.69) is 26.2 Å². The van der Waals surface area contributed by atoms with Crippen molar-refractivity contribution in [2.45, 2.75) is 19.3 Å². The van der Waals surface area contributed by atoms with Gasteiger partial charge in [0, 0.05) is 19.0 Å². The number of aromatic nitrogens is 2. The molecule has 5 heteroatoms. The molecule has 5 nitrogen and oxygen atoms in total. The van der Waals surface area contributed by atoms with Crippen LogP contribution in [0.3, 0.4) is 0 Å². The molecule has 1 N–H and O–H groups in total. The fourth-order valence-corrected chi connectivity index (χ4v) is 1.62. The van der Waals surface area contributed by atoms with Crippen LogP contribution >= 0.6 is 0 Å². The Hall–Kier alpha value is -2.04. The summed E-state index contributed by atoms with van der Waals surface area (Å²) in [7, 11) is 0. The standard InChI is InChI=1S/C12H14N4O/c17-16-9-12-8-14-11(7-15-12)4-3-10-2-1-5-13-6-10/h2,6-9,17H,1,3-5H2/b16-9-. The third kappa shape index (κ3) is 3.48. The van der Waals surface area contributed by atoms with Gasteiger partial charge in [0.05, 0.1) is 18.1 Å². The Morgan fingerprint density at radius 1 is 1.29 bits per heavy atom. The van der Waals surface area contributed by atoms with Gasteiger partial charge in [0.2, 0.25) is 0 Å².